The van der Waals surface area contributed by atoms with Gasteiger partial charge in [-0.1, -0.05) is 29.8 Å². The molecule has 3 nitrogen and oxygen atoms in total. The second-order valence-corrected chi connectivity index (χ2v) is 8.05. The third-order valence-electron chi connectivity index (χ3n) is 4.32. The summed E-state index contributed by atoms with van der Waals surface area (Å²) in [5.74, 6) is 0.166. The van der Waals surface area contributed by atoms with E-state index in [1.165, 1.54) is 11.1 Å². The zero-order valence-electron chi connectivity index (χ0n) is 14.6. The molecular weight excluding hydrogens is 272 g/mol. The Morgan fingerprint density at radius 2 is 1.68 bits per heavy atom. The fourth-order valence-electron chi connectivity index (χ4n) is 3.74. The van der Waals surface area contributed by atoms with Gasteiger partial charge in [-0.3, -0.25) is 4.79 Å². The molecule has 22 heavy (non-hydrogen) atoms. The Bertz CT molecular complexity index is 501. The lowest BCUT2D eigenvalue weighted by atomic mass is 9.79. The average molecular weight is 302 g/mol. The van der Waals surface area contributed by atoms with Gasteiger partial charge in [-0.15, -0.1) is 0 Å². The Balaban J connectivity index is 1.85. The van der Waals surface area contributed by atoms with Crippen molar-refractivity contribution in [2.45, 2.75) is 77.4 Å². The van der Waals surface area contributed by atoms with Gasteiger partial charge in [-0.25, -0.2) is 0 Å². The second kappa shape index (κ2) is 6.41. The molecule has 1 aromatic rings. The molecule has 2 N–H and O–H groups in total. The number of nitrogens with one attached hydrogen (secondary N) is 2. The highest BCUT2D eigenvalue weighted by atomic mass is 16.1. The fraction of sp³-hybridized carbons (Fsp3) is 0.632. The first-order chi connectivity index (χ1) is 10.2. The minimum absolute atomic E-state index is 0.0661. The van der Waals surface area contributed by atoms with Gasteiger partial charge in [0.15, 0.2) is 0 Å². The number of hydrogen-bond donors (Lipinski definition) is 2. The van der Waals surface area contributed by atoms with Gasteiger partial charge >= 0.3 is 0 Å². The van der Waals surface area contributed by atoms with E-state index >= 15 is 0 Å². The van der Waals surface area contributed by atoms with Gasteiger partial charge in [-0.05, 0) is 59.4 Å². The van der Waals surface area contributed by atoms with Crippen LogP contribution in [0.2, 0.25) is 0 Å². The third kappa shape index (κ3) is 5.13. The van der Waals surface area contributed by atoms with E-state index in [0.717, 1.165) is 19.3 Å². The van der Waals surface area contributed by atoms with Crippen LogP contribution in [0.25, 0.3) is 0 Å². The Hall–Kier alpha value is -1.35. The normalized spacial score (nSPS) is 20.6. The number of hydrogen-bond acceptors (Lipinski definition) is 2. The van der Waals surface area contributed by atoms with Crippen molar-refractivity contribution in [3.05, 3.63) is 35.4 Å². The van der Waals surface area contributed by atoms with Crippen LogP contribution < -0.4 is 10.6 Å². The molecule has 1 aliphatic heterocycles. The maximum absolute atomic E-state index is 12.2. The van der Waals surface area contributed by atoms with Crippen molar-refractivity contribution in [3.8, 4) is 0 Å². The first kappa shape index (κ1) is 17.0. The quantitative estimate of drug-likeness (QED) is 0.895. The Morgan fingerprint density at radius 1 is 1.14 bits per heavy atom. The SMILES string of the molecule is Cc1ccc(CCC(=O)NC2CC(C)(C)NC(C)(C)C2)cc1. The van der Waals surface area contributed by atoms with E-state index in [1.807, 2.05) is 0 Å². The first-order valence-electron chi connectivity index (χ1n) is 8.29. The van der Waals surface area contributed by atoms with E-state index in [-0.39, 0.29) is 23.0 Å². The van der Waals surface area contributed by atoms with Gasteiger partial charge < -0.3 is 10.6 Å². The lowest BCUT2D eigenvalue weighted by molar-refractivity contribution is -0.122. The minimum atomic E-state index is 0.0661. The summed E-state index contributed by atoms with van der Waals surface area (Å²) in [6, 6.07) is 8.69. The van der Waals surface area contributed by atoms with Crippen molar-refractivity contribution in [2.24, 2.45) is 0 Å². The number of aryl methyl sites for hydroxylation is 2. The summed E-state index contributed by atoms with van der Waals surface area (Å²) in [7, 11) is 0. The molecule has 0 aliphatic carbocycles. The molecule has 1 fully saturated rings. The second-order valence-electron chi connectivity index (χ2n) is 8.05. The molecule has 0 bridgehead atoms. The number of benzene rings is 1. The summed E-state index contributed by atoms with van der Waals surface area (Å²) < 4.78 is 0. The van der Waals surface area contributed by atoms with Gasteiger partial charge in [0.05, 0.1) is 0 Å². The van der Waals surface area contributed by atoms with Crippen molar-refractivity contribution >= 4 is 5.91 Å². The van der Waals surface area contributed by atoms with Crippen molar-refractivity contribution in [3.63, 3.8) is 0 Å². The average Bonchev–Trinajstić information content (AvgIpc) is 2.34. The van der Waals surface area contributed by atoms with Crippen LogP contribution in [0.15, 0.2) is 24.3 Å². The van der Waals surface area contributed by atoms with Gasteiger partial charge in [0.1, 0.15) is 0 Å². The van der Waals surface area contributed by atoms with Gasteiger partial charge in [0.25, 0.3) is 0 Å². The zero-order valence-corrected chi connectivity index (χ0v) is 14.6. The van der Waals surface area contributed by atoms with E-state index in [4.69, 9.17) is 0 Å². The van der Waals surface area contributed by atoms with Gasteiger partial charge in [0.2, 0.25) is 5.91 Å². The van der Waals surface area contributed by atoms with Crippen LogP contribution in [0.4, 0.5) is 0 Å². The monoisotopic (exact) mass is 302 g/mol. The van der Waals surface area contributed by atoms with Crippen molar-refractivity contribution < 1.29 is 4.79 Å². The topological polar surface area (TPSA) is 41.1 Å². The van der Waals surface area contributed by atoms with Crippen molar-refractivity contribution in [1.82, 2.24) is 10.6 Å². The van der Waals surface area contributed by atoms with E-state index < -0.39 is 0 Å². The Kier molecular flexibility index (Phi) is 4.96. The smallest absolute Gasteiger partial charge is 0.220 e. The van der Waals surface area contributed by atoms with Crippen LogP contribution in [0.5, 0.6) is 0 Å². The summed E-state index contributed by atoms with van der Waals surface area (Å²) in [5, 5.41) is 6.88. The molecule has 3 heteroatoms. The third-order valence-corrected chi connectivity index (χ3v) is 4.32. The lowest BCUT2D eigenvalue weighted by Gasteiger charge is -2.46. The minimum Gasteiger partial charge on any atom is -0.353 e. The molecule has 0 spiro atoms. The van der Waals surface area contributed by atoms with Crippen LogP contribution >= 0.6 is 0 Å². The lowest BCUT2D eigenvalue weighted by Crippen LogP contribution is -2.62. The molecule has 1 heterocycles. The first-order valence-corrected chi connectivity index (χ1v) is 8.29. The molecule has 0 atom stereocenters. The molecule has 1 aromatic carbocycles. The number of amides is 1. The van der Waals surface area contributed by atoms with Crippen LogP contribution in [0.1, 0.15) is 58.1 Å². The standard InChI is InChI=1S/C19H30N2O/c1-14-6-8-15(9-7-14)10-11-17(22)20-16-12-18(2,3)21-19(4,5)13-16/h6-9,16,21H,10-13H2,1-5H3,(H,20,22). The molecule has 0 radical (unpaired) electrons. The fourth-order valence-corrected chi connectivity index (χ4v) is 3.74. The van der Waals surface area contributed by atoms with Gasteiger partial charge in [0, 0.05) is 23.5 Å². The highest BCUT2D eigenvalue weighted by Gasteiger charge is 2.37. The molecule has 1 aliphatic rings. The van der Waals surface area contributed by atoms with Crippen molar-refractivity contribution in [2.75, 3.05) is 0 Å². The summed E-state index contributed by atoms with van der Waals surface area (Å²) in [4.78, 5) is 12.2. The summed E-state index contributed by atoms with van der Waals surface area (Å²) in [5.41, 5.74) is 2.62. The summed E-state index contributed by atoms with van der Waals surface area (Å²) in [6.07, 6.45) is 3.33. The Labute approximate surface area is 134 Å². The number of carbonyl (C=O) groups is 1. The van der Waals surface area contributed by atoms with Crippen molar-refractivity contribution in [1.29, 1.82) is 0 Å². The largest absolute Gasteiger partial charge is 0.353 e. The van der Waals surface area contributed by atoms with Crippen LogP contribution in [0.3, 0.4) is 0 Å². The number of rotatable bonds is 4. The molecule has 2 rings (SSSR count). The van der Waals surface area contributed by atoms with Crippen LogP contribution in [-0.2, 0) is 11.2 Å². The Morgan fingerprint density at radius 3 is 2.23 bits per heavy atom. The van der Waals surface area contributed by atoms with Gasteiger partial charge in [-0.2, -0.15) is 0 Å². The number of carbonyl (C=O) groups excluding carboxylic acids is 1. The molecule has 0 unspecified atom stereocenters. The molecule has 122 valence electrons. The molecule has 0 aromatic heterocycles. The van der Waals surface area contributed by atoms with E-state index in [9.17, 15) is 4.79 Å². The highest BCUT2D eigenvalue weighted by molar-refractivity contribution is 5.76. The van der Waals surface area contributed by atoms with Crippen LogP contribution in [0, 0.1) is 6.92 Å². The molecule has 1 saturated heterocycles. The molecular formula is C19H30N2O. The predicted octanol–water partition coefficient (Wildman–Crippen LogP) is 3.35. The maximum atomic E-state index is 12.2. The van der Waals surface area contributed by atoms with E-state index in [1.54, 1.807) is 0 Å². The summed E-state index contributed by atoms with van der Waals surface area (Å²) >= 11 is 0. The van der Waals surface area contributed by atoms with Crippen LogP contribution in [-0.4, -0.2) is 23.0 Å². The molecule has 1 amide bonds. The van der Waals surface area contributed by atoms with E-state index in [0.29, 0.717) is 6.42 Å². The summed E-state index contributed by atoms with van der Waals surface area (Å²) in [6.45, 7) is 10.9. The number of piperidine rings is 1. The van der Waals surface area contributed by atoms with E-state index in [2.05, 4.69) is 69.5 Å². The zero-order chi connectivity index (χ0) is 16.4. The predicted molar refractivity (Wildman–Crippen MR) is 92.0 cm³/mol. The maximum Gasteiger partial charge on any atom is 0.220 e. The highest BCUT2D eigenvalue weighted by Crippen LogP contribution is 2.28. The molecule has 0 saturated carbocycles.